The lowest BCUT2D eigenvalue weighted by Crippen LogP contribution is -2.31. The minimum absolute atomic E-state index is 0.226. The fourth-order valence-electron chi connectivity index (χ4n) is 2.23. The van der Waals surface area contributed by atoms with Crippen LogP contribution in [-0.2, 0) is 4.79 Å². The van der Waals surface area contributed by atoms with Gasteiger partial charge in [-0.3, -0.25) is 4.79 Å². The number of amides is 1. The largest absolute Gasteiger partial charge is 0.355 e. The maximum absolute atomic E-state index is 11.6. The summed E-state index contributed by atoms with van der Waals surface area (Å²) >= 11 is 1.83. The second kappa shape index (κ2) is 7.27. The van der Waals surface area contributed by atoms with Crippen LogP contribution in [0.4, 0.5) is 0 Å². The molecule has 2 rings (SSSR count). The van der Waals surface area contributed by atoms with E-state index in [-0.39, 0.29) is 5.91 Å². The number of thioether (sulfide) groups is 1. The van der Waals surface area contributed by atoms with Crippen LogP contribution in [0, 0.1) is 5.92 Å². The van der Waals surface area contributed by atoms with E-state index in [2.05, 4.69) is 10.6 Å². The molecule has 3 nitrogen and oxygen atoms in total. The first-order chi connectivity index (χ1) is 8.34. The van der Waals surface area contributed by atoms with Crippen molar-refractivity contribution in [1.82, 2.24) is 10.6 Å². The minimum Gasteiger partial charge on any atom is -0.355 e. The van der Waals surface area contributed by atoms with Crippen molar-refractivity contribution in [2.75, 3.05) is 25.4 Å². The summed E-state index contributed by atoms with van der Waals surface area (Å²) in [4.78, 5) is 11.6. The Morgan fingerprint density at radius 1 is 1.24 bits per heavy atom. The second-order valence-electron chi connectivity index (χ2n) is 5.20. The molecule has 98 valence electrons. The highest BCUT2D eigenvalue weighted by Crippen LogP contribution is 2.33. The molecule has 0 atom stereocenters. The normalized spacial score (nSPS) is 21.4. The lowest BCUT2D eigenvalue weighted by Gasteiger charge is -2.21. The molecule has 1 aliphatic carbocycles. The molecule has 2 fully saturated rings. The van der Waals surface area contributed by atoms with Crippen LogP contribution in [0.3, 0.4) is 0 Å². The fourth-order valence-corrected chi connectivity index (χ4v) is 3.29. The van der Waals surface area contributed by atoms with Gasteiger partial charge in [0.25, 0.3) is 0 Å². The van der Waals surface area contributed by atoms with Gasteiger partial charge in [-0.15, -0.1) is 11.8 Å². The molecule has 0 aromatic carbocycles. The maximum atomic E-state index is 11.6. The first-order valence-electron chi connectivity index (χ1n) is 6.93. The van der Waals surface area contributed by atoms with Crippen molar-refractivity contribution < 1.29 is 4.79 Å². The van der Waals surface area contributed by atoms with Gasteiger partial charge in [0.15, 0.2) is 0 Å². The Balaban J connectivity index is 1.44. The summed E-state index contributed by atoms with van der Waals surface area (Å²) in [5.41, 5.74) is 0. The molecule has 1 amide bonds. The lowest BCUT2D eigenvalue weighted by atomic mass is 10.2. The number of hydrogen-bond acceptors (Lipinski definition) is 3. The van der Waals surface area contributed by atoms with Gasteiger partial charge in [0.2, 0.25) is 5.91 Å². The highest BCUT2D eigenvalue weighted by atomic mass is 32.2. The smallest absolute Gasteiger partial charge is 0.230 e. The Morgan fingerprint density at radius 3 is 2.71 bits per heavy atom. The zero-order valence-corrected chi connectivity index (χ0v) is 11.4. The molecule has 1 heterocycles. The molecule has 2 N–H and O–H groups in total. The quantitative estimate of drug-likeness (QED) is 0.682. The van der Waals surface area contributed by atoms with E-state index < -0.39 is 0 Å². The van der Waals surface area contributed by atoms with E-state index in [0.717, 1.165) is 32.0 Å². The van der Waals surface area contributed by atoms with Crippen LogP contribution in [0.1, 0.15) is 38.5 Å². The number of carbonyl (C=O) groups is 1. The standard InChI is InChI=1S/C13H24N2OS/c16-13(15-7-1-2-11-3-4-11)10-17-12-5-8-14-9-6-12/h11-12,14H,1-10H2,(H,15,16). The first kappa shape index (κ1) is 13.2. The van der Waals surface area contributed by atoms with E-state index in [9.17, 15) is 4.79 Å². The zero-order chi connectivity index (χ0) is 11.9. The SMILES string of the molecule is O=C(CSC1CCNCC1)NCCCC1CC1. The first-order valence-corrected chi connectivity index (χ1v) is 7.98. The Morgan fingerprint density at radius 2 is 2.00 bits per heavy atom. The zero-order valence-electron chi connectivity index (χ0n) is 10.5. The summed E-state index contributed by atoms with van der Waals surface area (Å²) in [6, 6.07) is 0. The molecule has 0 spiro atoms. The number of rotatable bonds is 7. The second-order valence-corrected chi connectivity index (χ2v) is 6.48. The van der Waals surface area contributed by atoms with Crippen molar-refractivity contribution in [2.24, 2.45) is 5.92 Å². The number of hydrogen-bond donors (Lipinski definition) is 2. The fraction of sp³-hybridized carbons (Fsp3) is 0.923. The van der Waals surface area contributed by atoms with Gasteiger partial charge >= 0.3 is 0 Å². The summed E-state index contributed by atoms with van der Waals surface area (Å²) < 4.78 is 0. The van der Waals surface area contributed by atoms with Crippen molar-refractivity contribution in [1.29, 1.82) is 0 Å². The molecule has 0 unspecified atom stereocenters. The van der Waals surface area contributed by atoms with Gasteiger partial charge in [-0.05, 0) is 44.7 Å². The predicted octanol–water partition coefficient (Wildman–Crippen LogP) is 1.78. The van der Waals surface area contributed by atoms with E-state index in [4.69, 9.17) is 0 Å². The van der Waals surface area contributed by atoms with Crippen LogP contribution in [0.5, 0.6) is 0 Å². The van der Waals surface area contributed by atoms with Gasteiger partial charge in [-0.25, -0.2) is 0 Å². The molecule has 0 radical (unpaired) electrons. The van der Waals surface area contributed by atoms with Crippen molar-refractivity contribution in [2.45, 2.75) is 43.8 Å². The molecule has 0 bridgehead atoms. The van der Waals surface area contributed by atoms with E-state index in [0.29, 0.717) is 11.0 Å². The summed E-state index contributed by atoms with van der Waals surface area (Å²) in [6.45, 7) is 3.10. The van der Waals surface area contributed by atoms with Gasteiger partial charge in [0, 0.05) is 11.8 Å². The molecular weight excluding hydrogens is 232 g/mol. The monoisotopic (exact) mass is 256 g/mol. The number of carbonyl (C=O) groups excluding carboxylic acids is 1. The van der Waals surface area contributed by atoms with Crippen LogP contribution >= 0.6 is 11.8 Å². The molecule has 17 heavy (non-hydrogen) atoms. The van der Waals surface area contributed by atoms with E-state index >= 15 is 0 Å². The van der Waals surface area contributed by atoms with Crippen molar-refractivity contribution in [3.63, 3.8) is 0 Å². The molecule has 1 saturated heterocycles. The summed E-state index contributed by atoms with van der Waals surface area (Å²) in [5, 5.41) is 7.07. The van der Waals surface area contributed by atoms with Crippen LogP contribution in [0.15, 0.2) is 0 Å². The lowest BCUT2D eigenvalue weighted by molar-refractivity contribution is -0.118. The molecular formula is C13H24N2OS. The molecule has 2 aliphatic rings. The maximum Gasteiger partial charge on any atom is 0.230 e. The third-order valence-electron chi connectivity index (χ3n) is 3.54. The van der Waals surface area contributed by atoms with Gasteiger partial charge < -0.3 is 10.6 Å². The third-order valence-corrected chi connectivity index (χ3v) is 4.92. The Hall–Kier alpha value is -0.220. The third kappa shape index (κ3) is 5.77. The van der Waals surface area contributed by atoms with E-state index in [1.807, 2.05) is 11.8 Å². The Labute approximate surface area is 108 Å². The van der Waals surface area contributed by atoms with E-state index in [1.54, 1.807) is 0 Å². The van der Waals surface area contributed by atoms with Crippen LogP contribution in [0.2, 0.25) is 0 Å². The van der Waals surface area contributed by atoms with E-state index in [1.165, 1.54) is 32.1 Å². The number of piperidine rings is 1. The van der Waals surface area contributed by atoms with Crippen molar-refractivity contribution >= 4 is 17.7 Å². The summed E-state index contributed by atoms with van der Waals surface area (Å²) in [7, 11) is 0. The van der Waals surface area contributed by atoms with Gasteiger partial charge in [-0.1, -0.05) is 12.8 Å². The van der Waals surface area contributed by atoms with Crippen LogP contribution < -0.4 is 10.6 Å². The number of nitrogens with one attached hydrogen (secondary N) is 2. The van der Waals surface area contributed by atoms with Gasteiger partial charge in [0.05, 0.1) is 5.75 Å². The Bertz CT molecular complexity index is 238. The van der Waals surface area contributed by atoms with Crippen molar-refractivity contribution in [3.8, 4) is 0 Å². The van der Waals surface area contributed by atoms with Crippen LogP contribution in [0.25, 0.3) is 0 Å². The molecule has 4 heteroatoms. The predicted molar refractivity (Wildman–Crippen MR) is 73.3 cm³/mol. The van der Waals surface area contributed by atoms with Gasteiger partial charge in [0.1, 0.15) is 0 Å². The summed E-state index contributed by atoms with van der Waals surface area (Å²) in [5.74, 6) is 1.86. The summed E-state index contributed by atoms with van der Waals surface area (Å²) in [6.07, 6.45) is 7.72. The van der Waals surface area contributed by atoms with Crippen molar-refractivity contribution in [3.05, 3.63) is 0 Å². The molecule has 0 aromatic heterocycles. The average Bonchev–Trinajstić information content (AvgIpc) is 3.17. The average molecular weight is 256 g/mol. The van der Waals surface area contributed by atoms with Gasteiger partial charge in [-0.2, -0.15) is 0 Å². The highest BCUT2D eigenvalue weighted by Gasteiger charge is 2.20. The molecule has 1 saturated carbocycles. The minimum atomic E-state index is 0.226. The van der Waals surface area contributed by atoms with Crippen LogP contribution in [-0.4, -0.2) is 36.5 Å². The molecule has 0 aromatic rings. The highest BCUT2D eigenvalue weighted by molar-refractivity contribution is 8.00. The topological polar surface area (TPSA) is 41.1 Å². The molecule has 1 aliphatic heterocycles. The Kier molecular flexibility index (Phi) is 5.65.